The summed E-state index contributed by atoms with van der Waals surface area (Å²) in [5.74, 6) is 0.841. The van der Waals surface area contributed by atoms with Crippen molar-refractivity contribution in [3.8, 4) is 11.5 Å². The molecule has 0 spiro atoms. The number of nitrogens with zero attached hydrogens (tertiary/aromatic N) is 4. The smallest absolute Gasteiger partial charge is 0.409 e. The number of sulfonamides is 1. The number of rotatable bonds is 4. The zero-order chi connectivity index (χ0) is 26.2. The second kappa shape index (κ2) is 10.1. The molecule has 0 N–H and O–H groups in total. The van der Waals surface area contributed by atoms with Gasteiger partial charge < -0.3 is 23.7 Å². The molecule has 3 aromatic rings. The standard InChI is InChI=1S/C24H26N4O7S2/c1-3-33-24(30)27-8-10-28(11-9-27)37(31,32)17-6-4-16(5-7-17)22(29)25-23-26(2)18-14-19-20(15-21(18)36-23)35-13-12-34-19/h4-7,14-15H,3,8-13H2,1-2H3. The van der Waals surface area contributed by atoms with Crippen LogP contribution in [0.2, 0.25) is 0 Å². The predicted octanol–water partition coefficient (Wildman–Crippen LogP) is 2.21. The average molecular weight is 547 g/mol. The fraction of sp³-hybridized carbons (Fsp3) is 0.375. The van der Waals surface area contributed by atoms with E-state index in [0.29, 0.717) is 29.5 Å². The second-order valence-electron chi connectivity index (χ2n) is 8.44. The van der Waals surface area contributed by atoms with Crippen molar-refractivity contribution in [1.29, 1.82) is 0 Å². The first kappa shape index (κ1) is 25.2. The van der Waals surface area contributed by atoms with Crippen molar-refractivity contribution in [2.24, 2.45) is 12.0 Å². The van der Waals surface area contributed by atoms with Crippen molar-refractivity contribution < 1.29 is 32.2 Å². The van der Waals surface area contributed by atoms with Gasteiger partial charge in [-0.05, 0) is 31.2 Å². The number of aromatic nitrogens is 1. The summed E-state index contributed by atoms with van der Waals surface area (Å²) >= 11 is 1.35. The molecule has 2 aliphatic heterocycles. The van der Waals surface area contributed by atoms with Crippen LogP contribution in [0.5, 0.6) is 11.5 Å². The summed E-state index contributed by atoms with van der Waals surface area (Å²) < 4.78 is 46.5. The molecule has 0 aliphatic carbocycles. The van der Waals surface area contributed by atoms with Gasteiger partial charge in [-0.25, -0.2) is 13.2 Å². The molecule has 0 atom stereocenters. The van der Waals surface area contributed by atoms with Gasteiger partial charge in [0, 0.05) is 50.9 Å². The Balaban J connectivity index is 1.32. The lowest BCUT2D eigenvalue weighted by Crippen LogP contribution is -2.50. The van der Waals surface area contributed by atoms with Gasteiger partial charge >= 0.3 is 6.09 Å². The minimum absolute atomic E-state index is 0.0756. The maximum absolute atomic E-state index is 13.1. The molecule has 2 aliphatic rings. The second-order valence-corrected chi connectivity index (χ2v) is 11.4. The number of hydrogen-bond donors (Lipinski definition) is 0. The van der Waals surface area contributed by atoms with Crippen LogP contribution in [-0.2, 0) is 21.8 Å². The van der Waals surface area contributed by atoms with Crippen LogP contribution in [0, 0.1) is 0 Å². The fourth-order valence-electron chi connectivity index (χ4n) is 4.17. The van der Waals surface area contributed by atoms with Gasteiger partial charge in [-0.2, -0.15) is 9.30 Å². The minimum atomic E-state index is -3.77. The lowest BCUT2D eigenvalue weighted by atomic mass is 10.2. The molecule has 5 rings (SSSR count). The van der Waals surface area contributed by atoms with Gasteiger partial charge in [-0.3, -0.25) is 4.79 Å². The van der Waals surface area contributed by atoms with E-state index in [4.69, 9.17) is 14.2 Å². The van der Waals surface area contributed by atoms with E-state index in [-0.39, 0.29) is 43.2 Å². The Bertz CT molecular complexity index is 1520. The highest BCUT2D eigenvalue weighted by molar-refractivity contribution is 7.89. The number of ether oxygens (including phenoxy) is 3. The molecule has 11 nitrogen and oxygen atoms in total. The highest BCUT2D eigenvalue weighted by Crippen LogP contribution is 2.35. The van der Waals surface area contributed by atoms with Crippen LogP contribution in [0.1, 0.15) is 17.3 Å². The number of carbonyl (C=O) groups is 2. The Morgan fingerprint density at radius 2 is 1.68 bits per heavy atom. The summed E-state index contributed by atoms with van der Waals surface area (Å²) in [5, 5.41) is 0. The Kier molecular flexibility index (Phi) is 6.92. The highest BCUT2D eigenvalue weighted by atomic mass is 32.2. The molecule has 2 amide bonds. The van der Waals surface area contributed by atoms with E-state index < -0.39 is 22.0 Å². The van der Waals surface area contributed by atoms with Crippen LogP contribution < -0.4 is 14.3 Å². The monoisotopic (exact) mass is 546 g/mol. The third kappa shape index (κ3) is 4.93. The van der Waals surface area contributed by atoms with Gasteiger partial charge in [-0.15, -0.1) is 0 Å². The van der Waals surface area contributed by atoms with Crippen LogP contribution in [0.25, 0.3) is 10.2 Å². The maximum atomic E-state index is 13.1. The largest absolute Gasteiger partial charge is 0.486 e. The molecule has 0 radical (unpaired) electrons. The van der Waals surface area contributed by atoms with E-state index in [2.05, 4.69) is 4.99 Å². The quantitative estimate of drug-likeness (QED) is 0.492. The SMILES string of the molecule is CCOC(=O)N1CCN(S(=O)(=O)c2ccc(C(=O)N=c3sc4cc5c(cc4n3C)OCCO5)cc2)CC1. The molecule has 37 heavy (non-hydrogen) atoms. The van der Waals surface area contributed by atoms with Gasteiger partial charge in [0.15, 0.2) is 16.3 Å². The molecule has 1 fully saturated rings. The number of hydrogen-bond acceptors (Lipinski definition) is 8. The summed E-state index contributed by atoms with van der Waals surface area (Å²) in [4.78, 5) is 31.1. The molecule has 13 heteroatoms. The Hall–Kier alpha value is -3.42. The van der Waals surface area contributed by atoms with Gasteiger partial charge in [-0.1, -0.05) is 11.3 Å². The first-order valence-electron chi connectivity index (χ1n) is 11.8. The van der Waals surface area contributed by atoms with Crippen LogP contribution >= 0.6 is 11.3 Å². The molecule has 1 saturated heterocycles. The number of carbonyl (C=O) groups excluding carboxylic acids is 2. The maximum Gasteiger partial charge on any atom is 0.409 e. The number of amides is 2. The van der Waals surface area contributed by atoms with Gasteiger partial charge in [0.25, 0.3) is 5.91 Å². The first-order chi connectivity index (χ1) is 17.8. The Labute approximate surface area is 217 Å². The van der Waals surface area contributed by atoms with Crippen LogP contribution in [0.4, 0.5) is 4.79 Å². The summed E-state index contributed by atoms with van der Waals surface area (Å²) in [6, 6.07) is 9.48. The molecule has 3 heterocycles. The van der Waals surface area contributed by atoms with E-state index in [9.17, 15) is 18.0 Å². The summed E-state index contributed by atoms with van der Waals surface area (Å²) in [7, 11) is -1.95. The number of fused-ring (bicyclic) bond motifs is 2. The lowest BCUT2D eigenvalue weighted by molar-refractivity contribution is 0.0933. The van der Waals surface area contributed by atoms with Crippen molar-refractivity contribution in [2.45, 2.75) is 11.8 Å². The van der Waals surface area contributed by atoms with Crippen molar-refractivity contribution in [3.63, 3.8) is 0 Å². The van der Waals surface area contributed by atoms with Gasteiger partial charge in [0.05, 0.1) is 21.7 Å². The topological polar surface area (TPSA) is 120 Å². The Morgan fingerprint density at radius 3 is 2.32 bits per heavy atom. The summed E-state index contributed by atoms with van der Waals surface area (Å²) in [6.45, 7) is 3.79. The molecular formula is C24H26N4O7S2. The normalized spacial score (nSPS) is 16.7. The van der Waals surface area contributed by atoms with Crippen molar-refractivity contribution in [3.05, 3.63) is 46.8 Å². The highest BCUT2D eigenvalue weighted by Gasteiger charge is 2.30. The third-order valence-electron chi connectivity index (χ3n) is 6.17. The molecule has 1 aromatic heterocycles. The molecular weight excluding hydrogens is 520 g/mol. The van der Waals surface area contributed by atoms with Crippen LogP contribution in [-0.4, -0.2) is 80.2 Å². The third-order valence-corrected chi connectivity index (χ3v) is 9.18. The summed E-state index contributed by atoms with van der Waals surface area (Å²) in [5.41, 5.74) is 1.14. The number of aryl methyl sites for hydroxylation is 1. The molecule has 0 unspecified atom stereocenters. The molecule has 196 valence electrons. The molecule has 0 bridgehead atoms. The zero-order valence-corrected chi connectivity index (χ0v) is 22.0. The van der Waals surface area contributed by atoms with Crippen LogP contribution in [0.3, 0.4) is 0 Å². The minimum Gasteiger partial charge on any atom is -0.486 e. The van der Waals surface area contributed by atoms with Gasteiger partial charge in [0.2, 0.25) is 10.0 Å². The average Bonchev–Trinajstić information content (AvgIpc) is 3.21. The zero-order valence-electron chi connectivity index (χ0n) is 20.4. The number of thiazole rings is 1. The van der Waals surface area contributed by atoms with E-state index in [1.807, 2.05) is 23.7 Å². The number of benzene rings is 2. The lowest BCUT2D eigenvalue weighted by Gasteiger charge is -2.33. The van der Waals surface area contributed by atoms with Crippen molar-refractivity contribution >= 4 is 43.6 Å². The Morgan fingerprint density at radius 1 is 1.03 bits per heavy atom. The molecule has 2 aromatic carbocycles. The predicted molar refractivity (Wildman–Crippen MR) is 135 cm³/mol. The van der Waals surface area contributed by atoms with E-state index >= 15 is 0 Å². The van der Waals surface area contributed by atoms with Crippen molar-refractivity contribution in [2.75, 3.05) is 46.0 Å². The fourth-order valence-corrected chi connectivity index (χ4v) is 6.62. The van der Waals surface area contributed by atoms with E-state index in [0.717, 1.165) is 10.2 Å². The first-order valence-corrected chi connectivity index (χ1v) is 14.0. The van der Waals surface area contributed by atoms with E-state index in [1.165, 1.54) is 44.8 Å². The van der Waals surface area contributed by atoms with E-state index in [1.54, 1.807) is 6.92 Å². The van der Waals surface area contributed by atoms with Crippen LogP contribution in [0.15, 0.2) is 46.3 Å². The van der Waals surface area contributed by atoms with Crippen molar-refractivity contribution in [1.82, 2.24) is 13.8 Å². The van der Waals surface area contributed by atoms with Gasteiger partial charge in [0.1, 0.15) is 13.2 Å². The number of piperazine rings is 1. The molecule has 0 saturated carbocycles. The summed E-state index contributed by atoms with van der Waals surface area (Å²) in [6.07, 6.45) is -0.445.